The van der Waals surface area contributed by atoms with Gasteiger partial charge in [0, 0.05) is 40.7 Å². The van der Waals surface area contributed by atoms with Crippen LogP contribution in [-0.2, 0) is 13.1 Å². The highest BCUT2D eigenvalue weighted by Crippen LogP contribution is 2.30. The molecule has 0 radical (unpaired) electrons. The molecule has 0 saturated carbocycles. The van der Waals surface area contributed by atoms with Crippen LogP contribution in [0.2, 0.25) is 0 Å². The van der Waals surface area contributed by atoms with E-state index in [9.17, 15) is 9.90 Å². The monoisotopic (exact) mass is 294 g/mol. The number of hydrogen-bond donors (Lipinski definition) is 2. The topological polar surface area (TPSA) is 54.3 Å². The van der Waals surface area contributed by atoms with Gasteiger partial charge in [-0.1, -0.05) is 15.9 Å². The average Bonchev–Trinajstić information content (AvgIpc) is 2.62. The Bertz CT molecular complexity index is 618. The number of aromatic nitrogens is 1. The van der Waals surface area contributed by atoms with Crippen molar-refractivity contribution in [1.82, 2.24) is 9.88 Å². The SMILES string of the molecule is O=C(O)c1c2n(c3ccc(Br)cc13)CCNC2. The lowest BCUT2D eigenvalue weighted by atomic mass is 10.1. The smallest absolute Gasteiger partial charge is 0.338 e. The summed E-state index contributed by atoms with van der Waals surface area (Å²) in [6, 6.07) is 5.80. The van der Waals surface area contributed by atoms with Gasteiger partial charge in [0.15, 0.2) is 0 Å². The summed E-state index contributed by atoms with van der Waals surface area (Å²) in [5.74, 6) is -0.856. The first kappa shape index (κ1) is 10.8. The van der Waals surface area contributed by atoms with Crippen molar-refractivity contribution >= 4 is 32.8 Å². The largest absolute Gasteiger partial charge is 0.478 e. The molecule has 0 saturated heterocycles. The Balaban J connectivity index is 2.42. The van der Waals surface area contributed by atoms with Gasteiger partial charge in [-0.25, -0.2) is 4.79 Å². The van der Waals surface area contributed by atoms with Gasteiger partial charge in [-0.3, -0.25) is 0 Å². The summed E-state index contributed by atoms with van der Waals surface area (Å²) in [5.41, 5.74) is 2.30. The maximum absolute atomic E-state index is 11.4. The third-order valence-corrected chi connectivity index (χ3v) is 3.64. The van der Waals surface area contributed by atoms with E-state index in [1.807, 2.05) is 18.2 Å². The molecule has 0 fully saturated rings. The van der Waals surface area contributed by atoms with Crippen LogP contribution in [0.4, 0.5) is 0 Å². The maximum Gasteiger partial charge on any atom is 0.338 e. The molecule has 0 aliphatic carbocycles. The quantitative estimate of drug-likeness (QED) is 0.848. The second-order valence-electron chi connectivity index (χ2n) is 4.12. The van der Waals surface area contributed by atoms with Gasteiger partial charge in [-0.15, -0.1) is 0 Å². The third-order valence-electron chi connectivity index (χ3n) is 3.15. The molecule has 5 heteroatoms. The normalized spacial score (nSPS) is 14.9. The Hall–Kier alpha value is -1.33. The van der Waals surface area contributed by atoms with Gasteiger partial charge in [0.2, 0.25) is 0 Å². The first-order valence-corrected chi connectivity index (χ1v) is 6.22. The minimum absolute atomic E-state index is 0.425. The molecule has 0 amide bonds. The van der Waals surface area contributed by atoms with Crippen LogP contribution in [0.1, 0.15) is 16.1 Å². The van der Waals surface area contributed by atoms with Gasteiger partial charge < -0.3 is 15.0 Å². The van der Waals surface area contributed by atoms with Gasteiger partial charge in [-0.05, 0) is 18.2 Å². The first-order chi connectivity index (χ1) is 8.18. The molecule has 1 aromatic heterocycles. The molecule has 2 N–H and O–H groups in total. The summed E-state index contributed by atoms with van der Waals surface area (Å²) >= 11 is 3.39. The molecule has 1 aliphatic heterocycles. The fourth-order valence-electron chi connectivity index (χ4n) is 2.46. The van der Waals surface area contributed by atoms with Crippen LogP contribution >= 0.6 is 15.9 Å². The van der Waals surface area contributed by atoms with E-state index < -0.39 is 5.97 Å². The zero-order valence-corrected chi connectivity index (χ0v) is 10.6. The van der Waals surface area contributed by atoms with Crippen molar-refractivity contribution in [3.63, 3.8) is 0 Å². The van der Waals surface area contributed by atoms with Gasteiger partial charge in [0.25, 0.3) is 0 Å². The Labute approximate surface area is 106 Å². The second-order valence-corrected chi connectivity index (χ2v) is 5.03. The standard InChI is InChI=1S/C12H11BrN2O2/c13-7-1-2-9-8(5-7)11(12(16)17)10-6-14-3-4-15(9)10/h1-2,5,14H,3-4,6H2,(H,16,17). The van der Waals surface area contributed by atoms with Crippen LogP contribution in [0.25, 0.3) is 10.9 Å². The molecular formula is C12H11BrN2O2. The molecular weight excluding hydrogens is 284 g/mol. The number of fused-ring (bicyclic) bond motifs is 3. The number of nitrogens with zero attached hydrogens (tertiary/aromatic N) is 1. The lowest BCUT2D eigenvalue weighted by molar-refractivity contribution is 0.0697. The van der Waals surface area contributed by atoms with E-state index in [2.05, 4.69) is 25.8 Å². The summed E-state index contributed by atoms with van der Waals surface area (Å²) in [6.07, 6.45) is 0. The van der Waals surface area contributed by atoms with Crippen molar-refractivity contribution in [2.45, 2.75) is 13.1 Å². The first-order valence-electron chi connectivity index (χ1n) is 5.43. The number of carbonyl (C=O) groups is 1. The fourth-order valence-corrected chi connectivity index (χ4v) is 2.82. The van der Waals surface area contributed by atoms with Crippen molar-refractivity contribution in [2.24, 2.45) is 0 Å². The molecule has 0 unspecified atom stereocenters. The number of rotatable bonds is 1. The van der Waals surface area contributed by atoms with Crippen molar-refractivity contribution in [3.8, 4) is 0 Å². The second kappa shape index (κ2) is 3.85. The van der Waals surface area contributed by atoms with Gasteiger partial charge in [0.1, 0.15) is 0 Å². The van der Waals surface area contributed by atoms with Crippen LogP contribution in [-0.4, -0.2) is 22.2 Å². The van der Waals surface area contributed by atoms with Crippen LogP contribution in [0.15, 0.2) is 22.7 Å². The Morgan fingerprint density at radius 1 is 1.47 bits per heavy atom. The molecule has 1 aromatic carbocycles. The Kier molecular flexibility index (Phi) is 2.45. The summed E-state index contributed by atoms with van der Waals surface area (Å²) in [6.45, 7) is 2.32. The molecule has 2 aromatic rings. The molecule has 17 heavy (non-hydrogen) atoms. The molecule has 4 nitrogen and oxygen atoms in total. The minimum atomic E-state index is -0.856. The number of carboxylic acid groups (broad SMARTS) is 1. The number of nitrogens with one attached hydrogen (secondary N) is 1. The van der Waals surface area contributed by atoms with E-state index >= 15 is 0 Å². The lowest BCUT2D eigenvalue weighted by Crippen LogP contribution is -2.28. The van der Waals surface area contributed by atoms with Crippen LogP contribution in [0, 0.1) is 0 Å². The number of hydrogen-bond acceptors (Lipinski definition) is 2. The summed E-state index contributed by atoms with van der Waals surface area (Å²) in [7, 11) is 0. The molecule has 3 rings (SSSR count). The molecule has 0 spiro atoms. The predicted octanol–water partition coefficient (Wildman–Crippen LogP) is 2.21. The molecule has 2 heterocycles. The van der Waals surface area contributed by atoms with Gasteiger partial charge >= 0.3 is 5.97 Å². The van der Waals surface area contributed by atoms with Crippen LogP contribution < -0.4 is 5.32 Å². The van der Waals surface area contributed by atoms with Crippen molar-refractivity contribution in [3.05, 3.63) is 33.9 Å². The van der Waals surface area contributed by atoms with Gasteiger partial charge in [0.05, 0.1) is 5.56 Å². The van der Waals surface area contributed by atoms with Crippen molar-refractivity contribution in [1.29, 1.82) is 0 Å². The van der Waals surface area contributed by atoms with Crippen LogP contribution in [0.5, 0.6) is 0 Å². The summed E-state index contributed by atoms with van der Waals surface area (Å²) in [4.78, 5) is 11.4. The zero-order valence-electron chi connectivity index (χ0n) is 9.03. The zero-order chi connectivity index (χ0) is 12.0. The highest BCUT2D eigenvalue weighted by atomic mass is 79.9. The Morgan fingerprint density at radius 3 is 3.06 bits per heavy atom. The highest BCUT2D eigenvalue weighted by Gasteiger charge is 2.23. The highest BCUT2D eigenvalue weighted by molar-refractivity contribution is 9.10. The third kappa shape index (κ3) is 1.57. The Morgan fingerprint density at radius 2 is 2.29 bits per heavy atom. The van der Waals surface area contributed by atoms with E-state index in [4.69, 9.17) is 0 Å². The lowest BCUT2D eigenvalue weighted by Gasteiger charge is -2.17. The summed E-state index contributed by atoms with van der Waals surface area (Å²) < 4.78 is 3.00. The number of carboxylic acids is 1. The van der Waals surface area contributed by atoms with E-state index in [1.165, 1.54) is 0 Å². The molecule has 0 atom stereocenters. The van der Waals surface area contributed by atoms with E-state index in [0.717, 1.165) is 34.2 Å². The van der Waals surface area contributed by atoms with E-state index in [0.29, 0.717) is 12.1 Å². The van der Waals surface area contributed by atoms with Crippen molar-refractivity contribution in [2.75, 3.05) is 6.54 Å². The molecule has 88 valence electrons. The minimum Gasteiger partial charge on any atom is -0.478 e. The van der Waals surface area contributed by atoms with E-state index in [-0.39, 0.29) is 0 Å². The van der Waals surface area contributed by atoms with Gasteiger partial charge in [-0.2, -0.15) is 0 Å². The average molecular weight is 295 g/mol. The molecule has 1 aliphatic rings. The number of halogens is 1. The van der Waals surface area contributed by atoms with Crippen LogP contribution in [0.3, 0.4) is 0 Å². The van der Waals surface area contributed by atoms with Crippen molar-refractivity contribution < 1.29 is 9.90 Å². The fraction of sp³-hybridized carbons (Fsp3) is 0.250. The number of benzene rings is 1. The maximum atomic E-state index is 11.4. The predicted molar refractivity (Wildman–Crippen MR) is 68.3 cm³/mol. The molecule has 0 bridgehead atoms. The summed E-state index contributed by atoms with van der Waals surface area (Å²) in [5, 5.41) is 13.4. The van der Waals surface area contributed by atoms with E-state index in [1.54, 1.807) is 0 Å². The number of aromatic carboxylic acids is 1.